The van der Waals surface area contributed by atoms with Crippen molar-refractivity contribution in [2.75, 3.05) is 0 Å². The van der Waals surface area contributed by atoms with Gasteiger partial charge in [-0.05, 0) is 37.7 Å². The van der Waals surface area contributed by atoms with Crippen LogP contribution in [0.3, 0.4) is 0 Å². The Morgan fingerprint density at radius 3 is 2.67 bits per heavy atom. The fraction of sp³-hybridized carbons (Fsp3) is 0.458. The first kappa shape index (κ1) is 20.4. The smallest absolute Gasteiger partial charge is 0.276 e. The molecule has 0 saturated heterocycles. The summed E-state index contributed by atoms with van der Waals surface area (Å²) in [4.78, 5) is 30.7. The number of fused-ring (bicyclic) bond motifs is 1. The van der Waals surface area contributed by atoms with E-state index >= 15 is 0 Å². The highest BCUT2D eigenvalue weighted by Gasteiger charge is 2.29. The molecular weight excluding hydrogens is 376 g/mol. The third-order valence-corrected chi connectivity index (χ3v) is 6.73. The second-order valence-electron chi connectivity index (χ2n) is 8.84. The van der Waals surface area contributed by atoms with Crippen molar-refractivity contribution in [1.29, 1.82) is 0 Å². The summed E-state index contributed by atoms with van der Waals surface area (Å²) >= 11 is 0. The van der Waals surface area contributed by atoms with Gasteiger partial charge in [0.15, 0.2) is 5.65 Å². The zero-order chi connectivity index (χ0) is 21.4. The van der Waals surface area contributed by atoms with E-state index in [4.69, 9.17) is 0 Å². The summed E-state index contributed by atoms with van der Waals surface area (Å²) in [5.41, 5.74) is 4.20. The molecule has 1 aliphatic rings. The number of hydrogen-bond donors (Lipinski definition) is 2. The molecule has 3 aromatic rings. The number of amides is 1. The summed E-state index contributed by atoms with van der Waals surface area (Å²) in [5, 5.41) is 6.12. The minimum absolute atomic E-state index is 0.156. The molecule has 2 N–H and O–H groups in total. The Morgan fingerprint density at radius 2 is 1.93 bits per heavy atom. The lowest BCUT2D eigenvalue weighted by Gasteiger charge is -2.34. The van der Waals surface area contributed by atoms with E-state index in [0.29, 0.717) is 40.7 Å². The van der Waals surface area contributed by atoms with Crippen molar-refractivity contribution in [2.45, 2.75) is 59.4 Å². The molecule has 0 radical (unpaired) electrons. The van der Waals surface area contributed by atoms with Crippen molar-refractivity contribution in [2.24, 2.45) is 11.8 Å². The highest BCUT2D eigenvalue weighted by molar-refractivity contribution is 5.99. The average Bonchev–Trinajstić information content (AvgIpc) is 3.14. The van der Waals surface area contributed by atoms with Gasteiger partial charge in [0.05, 0.1) is 0 Å². The molecule has 3 atom stereocenters. The summed E-state index contributed by atoms with van der Waals surface area (Å²) in [5.74, 6) is 0.864. The molecule has 1 fully saturated rings. The third kappa shape index (κ3) is 3.78. The molecule has 1 aromatic carbocycles. The molecule has 2 aromatic heterocycles. The maximum absolute atomic E-state index is 13.1. The number of aryl methyl sites for hydroxylation is 2. The summed E-state index contributed by atoms with van der Waals surface area (Å²) in [6.07, 6.45) is 5.43. The average molecular weight is 407 g/mol. The van der Waals surface area contributed by atoms with Gasteiger partial charge in [-0.2, -0.15) is 0 Å². The fourth-order valence-electron chi connectivity index (χ4n) is 4.47. The zero-order valence-corrected chi connectivity index (χ0v) is 18.2. The summed E-state index contributed by atoms with van der Waals surface area (Å²) in [7, 11) is 0. The Morgan fingerprint density at radius 1 is 1.20 bits per heavy atom. The fourth-order valence-corrected chi connectivity index (χ4v) is 4.47. The second-order valence-corrected chi connectivity index (χ2v) is 8.84. The second kappa shape index (κ2) is 8.09. The third-order valence-electron chi connectivity index (χ3n) is 6.73. The van der Waals surface area contributed by atoms with Crippen LogP contribution >= 0.6 is 0 Å². The molecule has 1 amide bonds. The SMILES string of the molecule is Cc1ccc(Cc2c(C)nc3c(C(=O)N[C@@H]4CCC[C@@H](C)[C@H]4C)c[nH]n3c2=O)cc1. The highest BCUT2D eigenvalue weighted by Crippen LogP contribution is 2.29. The molecule has 0 unspecified atom stereocenters. The van der Waals surface area contributed by atoms with E-state index in [0.717, 1.165) is 18.4 Å². The van der Waals surface area contributed by atoms with Crippen LogP contribution < -0.4 is 10.9 Å². The van der Waals surface area contributed by atoms with Crippen LogP contribution in [0.2, 0.25) is 0 Å². The Bertz CT molecular complexity index is 1130. The minimum atomic E-state index is -0.169. The Kier molecular flexibility index (Phi) is 5.50. The van der Waals surface area contributed by atoms with E-state index in [2.05, 4.69) is 29.2 Å². The number of benzene rings is 1. The van der Waals surface area contributed by atoms with Crippen molar-refractivity contribution < 1.29 is 4.79 Å². The molecule has 30 heavy (non-hydrogen) atoms. The normalized spacial score (nSPS) is 21.7. The van der Waals surface area contributed by atoms with Gasteiger partial charge in [-0.3, -0.25) is 14.7 Å². The first-order valence-electron chi connectivity index (χ1n) is 10.8. The van der Waals surface area contributed by atoms with Crippen LogP contribution in [0.15, 0.2) is 35.3 Å². The highest BCUT2D eigenvalue weighted by atomic mass is 16.2. The molecule has 6 nitrogen and oxygen atoms in total. The van der Waals surface area contributed by atoms with Gasteiger partial charge in [0.2, 0.25) is 0 Å². The van der Waals surface area contributed by atoms with Gasteiger partial charge in [-0.15, -0.1) is 0 Å². The lowest BCUT2D eigenvalue weighted by atomic mass is 9.78. The van der Waals surface area contributed by atoms with Crippen LogP contribution in [0.1, 0.15) is 65.9 Å². The summed E-state index contributed by atoms with van der Waals surface area (Å²) in [6.45, 7) is 8.32. The van der Waals surface area contributed by atoms with Crippen molar-refractivity contribution >= 4 is 11.6 Å². The van der Waals surface area contributed by atoms with E-state index in [1.54, 1.807) is 6.20 Å². The van der Waals surface area contributed by atoms with Gasteiger partial charge in [0, 0.05) is 29.9 Å². The molecule has 4 rings (SSSR count). The van der Waals surface area contributed by atoms with Gasteiger partial charge in [-0.1, -0.05) is 56.5 Å². The van der Waals surface area contributed by atoms with Gasteiger partial charge >= 0.3 is 0 Å². The first-order valence-corrected chi connectivity index (χ1v) is 10.8. The molecule has 2 heterocycles. The minimum Gasteiger partial charge on any atom is -0.349 e. The van der Waals surface area contributed by atoms with Crippen molar-refractivity contribution in [3.63, 3.8) is 0 Å². The topological polar surface area (TPSA) is 79.3 Å². The Hall–Kier alpha value is -2.89. The number of rotatable bonds is 4. The van der Waals surface area contributed by atoms with Crippen molar-refractivity contribution in [3.05, 3.63) is 68.8 Å². The number of carbonyl (C=O) groups excluding carboxylic acids is 1. The predicted octanol–water partition coefficient (Wildman–Crippen LogP) is 3.78. The van der Waals surface area contributed by atoms with E-state index < -0.39 is 0 Å². The number of H-pyrrole nitrogens is 1. The lowest BCUT2D eigenvalue weighted by molar-refractivity contribution is 0.0892. The molecule has 1 saturated carbocycles. The Balaban J connectivity index is 1.63. The van der Waals surface area contributed by atoms with Crippen LogP contribution in [0.25, 0.3) is 5.65 Å². The monoisotopic (exact) mass is 406 g/mol. The maximum Gasteiger partial charge on any atom is 0.276 e. The largest absolute Gasteiger partial charge is 0.349 e. The van der Waals surface area contributed by atoms with E-state index in [1.165, 1.54) is 16.5 Å². The molecule has 1 aliphatic carbocycles. The number of aromatic amines is 1. The zero-order valence-electron chi connectivity index (χ0n) is 18.2. The van der Waals surface area contributed by atoms with E-state index in [-0.39, 0.29) is 17.5 Å². The van der Waals surface area contributed by atoms with Gasteiger partial charge in [0.25, 0.3) is 11.5 Å². The summed E-state index contributed by atoms with van der Waals surface area (Å²) in [6, 6.07) is 8.30. The molecule has 0 spiro atoms. The standard InChI is InChI=1S/C24H30N4O2/c1-14-8-10-18(11-9-14)12-19-17(4)26-22-20(13-25-28(22)24(19)30)23(29)27-21-7-5-6-15(2)16(21)3/h8-11,13,15-16,21,25H,5-7,12H2,1-4H3,(H,27,29)/t15-,16-,21-/m1/s1. The van der Waals surface area contributed by atoms with Crippen molar-refractivity contribution in [3.8, 4) is 0 Å². The molecule has 0 bridgehead atoms. The molecule has 6 heteroatoms. The van der Waals surface area contributed by atoms with Crippen LogP contribution in [0.4, 0.5) is 0 Å². The molecular formula is C24H30N4O2. The van der Waals surface area contributed by atoms with Crippen molar-refractivity contribution in [1.82, 2.24) is 19.9 Å². The summed E-state index contributed by atoms with van der Waals surface area (Å²) < 4.78 is 1.39. The maximum atomic E-state index is 13.1. The van der Waals surface area contributed by atoms with Crippen LogP contribution in [-0.2, 0) is 6.42 Å². The number of carbonyl (C=O) groups is 1. The van der Waals surface area contributed by atoms with E-state index in [9.17, 15) is 9.59 Å². The predicted molar refractivity (Wildman–Crippen MR) is 118 cm³/mol. The van der Waals surface area contributed by atoms with Crippen LogP contribution in [0.5, 0.6) is 0 Å². The van der Waals surface area contributed by atoms with Gasteiger partial charge in [0.1, 0.15) is 5.56 Å². The number of nitrogens with zero attached hydrogens (tertiary/aromatic N) is 2. The molecule has 158 valence electrons. The first-order chi connectivity index (χ1) is 14.3. The lowest BCUT2D eigenvalue weighted by Crippen LogP contribution is -2.43. The van der Waals surface area contributed by atoms with Gasteiger partial charge in [-0.25, -0.2) is 9.50 Å². The Labute approximate surface area is 176 Å². The van der Waals surface area contributed by atoms with Crippen LogP contribution in [0, 0.1) is 25.7 Å². The van der Waals surface area contributed by atoms with Crippen LogP contribution in [-0.4, -0.2) is 26.5 Å². The number of nitrogens with one attached hydrogen (secondary N) is 2. The van der Waals surface area contributed by atoms with Gasteiger partial charge < -0.3 is 5.32 Å². The number of aromatic nitrogens is 3. The van der Waals surface area contributed by atoms with E-state index in [1.807, 2.05) is 38.1 Å². The quantitative estimate of drug-likeness (QED) is 0.692. The number of hydrogen-bond acceptors (Lipinski definition) is 3. The molecule has 0 aliphatic heterocycles.